The number of carbonyl (C=O) groups is 2. The van der Waals surface area contributed by atoms with Crippen LogP contribution in [0.2, 0.25) is 10.0 Å². The third-order valence-corrected chi connectivity index (χ3v) is 5.09. The second kappa shape index (κ2) is 9.80. The first kappa shape index (κ1) is 23.2. The molecule has 164 valence electrons. The Hall–Kier alpha value is -3.42. The normalized spacial score (nSPS) is 11.4. The molecule has 1 heterocycles. The number of pyridine rings is 1. The van der Waals surface area contributed by atoms with Crippen molar-refractivity contribution < 1.29 is 24.2 Å². The molecule has 0 aliphatic heterocycles. The summed E-state index contributed by atoms with van der Waals surface area (Å²) in [5.41, 5.74) is 0.377. The van der Waals surface area contributed by atoms with Gasteiger partial charge in [0.05, 0.1) is 17.1 Å². The lowest BCUT2D eigenvalue weighted by Gasteiger charge is -2.13. The number of halogens is 3. The predicted molar refractivity (Wildman–Crippen MR) is 119 cm³/mol. The minimum atomic E-state index is -1.78. The van der Waals surface area contributed by atoms with Gasteiger partial charge in [-0.2, -0.15) is 0 Å². The minimum Gasteiger partial charge on any atom is -0.507 e. The van der Waals surface area contributed by atoms with Crippen LogP contribution >= 0.6 is 23.2 Å². The van der Waals surface area contributed by atoms with Gasteiger partial charge in [-0.25, -0.2) is 9.18 Å². The summed E-state index contributed by atoms with van der Waals surface area (Å²) in [5.74, 6) is -4.61. The zero-order valence-electron chi connectivity index (χ0n) is 16.4. The zero-order valence-corrected chi connectivity index (χ0v) is 17.9. The smallest absolute Gasteiger partial charge is 0.376 e. The molecule has 2 aromatic carbocycles. The van der Waals surface area contributed by atoms with Gasteiger partial charge in [-0.15, -0.1) is 0 Å². The van der Waals surface area contributed by atoms with E-state index in [1.165, 1.54) is 29.0 Å². The van der Waals surface area contributed by atoms with E-state index in [-0.39, 0.29) is 29.1 Å². The highest BCUT2D eigenvalue weighted by molar-refractivity contribution is 6.38. The molecule has 0 aliphatic carbocycles. The molecule has 6 nitrogen and oxygen atoms in total. The molecule has 2 N–H and O–H groups in total. The molecule has 0 saturated heterocycles. The SMILES string of the molecule is O=C(O)C(=O)/C=C(\O)c1cc(Cc2cccc(Cl)c2F)cn(Cc2cccc(Cl)c2)c1=O. The molecule has 0 amide bonds. The number of hydrogen-bond donors (Lipinski definition) is 2. The van der Waals surface area contributed by atoms with Crippen LogP contribution in [0, 0.1) is 5.82 Å². The van der Waals surface area contributed by atoms with Crippen LogP contribution in [0.3, 0.4) is 0 Å². The molecule has 1 aromatic heterocycles. The predicted octanol–water partition coefficient (Wildman–Crippen LogP) is 4.49. The van der Waals surface area contributed by atoms with E-state index in [4.69, 9.17) is 28.3 Å². The largest absolute Gasteiger partial charge is 0.507 e. The number of aliphatic hydroxyl groups excluding tert-OH is 1. The number of aromatic nitrogens is 1. The molecule has 3 rings (SSSR count). The summed E-state index contributed by atoms with van der Waals surface area (Å²) in [6, 6.07) is 12.5. The molecule has 3 aromatic rings. The van der Waals surface area contributed by atoms with E-state index in [1.54, 1.807) is 30.3 Å². The molecule has 0 spiro atoms. The lowest BCUT2D eigenvalue weighted by Crippen LogP contribution is -2.25. The van der Waals surface area contributed by atoms with Crippen molar-refractivity contribution in [3.8, 4) is 0 Å². The fraction of sp³-hybridized carbons (Fsp3) is 0.0870. The highest BCUT2D eigenvalue weighted by atomic mass is 35.5. The summed E-state index contributed by atoms with van der Waals surface area (Å²) < 4.78 is 15.7. The van der Waals surface area contributed by atoms with Crippen molar-refractivity contribution in [3.05, 3.63) is 109 Å². The van der Waals surface area contributed by atoms with E-state index < -0.39 is 28.9 Å². The first-order valence-corrected chi connectivity index (χ1v) is 10.00. The van der Waals surface area contributed by atoms with Gasteiger partial charge in [-0.05, 0) is 41.0 Å². The summed E-state index contributed by atoms with van der Waals surface area (Å²) in [4.78, 5) is 35.3. The Kier molecular flexibility index (Phi) is 7.12. The van der Waals surface area contributed by atoms with Gasteiger partial charge in [-0.1, -0.05) is 47.5 Å². The second-order valence-electron chi connectivity index (χ2n) is 6.91. The van der Waals surface area contributed by atoms with Gasteiger partial charge in [0.2, 0.25) is 0 Å². The van der Waals surface area contributed by atoms with Crippen molar-refractivity contribution in [2.45, 2.75) is 13.0 Å². The highest BCUT2D eigenvalue weighted by Crippen LogP contribution is 2.22. The van der Waals surface area contributed by atoms with E-state index in [9.17, 15) is 23.9 Å². The number of ketones is 1. The number of carbonyl (C=O) groups excluding carboxylic acids is 1. The maximum Gasteiger partial charge on any atom is 0.376 e. The van der Waals surface area contributed by atoms with Gasteiger partial charge in [0.1, 0.15) is 11.6 Å². The molecular weight excluding hydrogens is 460 g/mol. The number of aliphatic carboxylic acids is 1. The van der Waals surface area contributed by atoms with Crippen molar-refractivity contribution in [2.24, 2.45) is 0 Å². The van der Waals surface area contributed by atoms with Crippen LogP contribution in [-0.2, 0) is 22.6 Å². The van der Waals surface area contributed by atoms with Gasteiger partial charge in [0, 0.05) is 23.7 Å². The lowest BCUT2D eigenvalue weighted by atomic mass is 10.0. The number of hydrogen-bond acceptors (Lipinski definition) is 4. The van der Waals surface area contributed by atoms with E-state index in [0.29, 0.717) is 22.2 Å². The second-order valence-corrected chi connectivity index (χ2v) is 7.76. The third kappa shape index (κ3) is 5.43. The highest BCUT2D eigenvalue weighted by Gasteiger charge is 2.17. The number of aliphatic hydroxyl groups is 1. The van der Waals surface area contributed by atoms with Gasteiger partial charge in [0.25, 0.3) is 11.3 Å². The molecule has 0 unspecified atom stereocenters. The number of carboxylic acids is 1. The maximum atomic E-state index is 14.4. The molecule has 32 heavy (non-hydrogen) atoms. The average molecular weight is 476 g/mol. The molecule has 0 atom stereocenters. The van der Waals surface area contributed by atoms with Crippen LogP contribution in [0.25, 0.3) is 5.76 Å². The van der Waals surface area contributed by atoms with Crippen molar-refractivity contribution in [1.29, 1.82) is 0 Å². The Labute approximate surface area is 191 Å². The standard InChI is InChI=1S/C23H16Cl2FNO5/c24-16-5-1-3-13(8-16)11-27-12-14(7-15-4-2-6-18(25)21(15)26)9-17(22(27)30)19(28)10-20(29)23(31)32/h1-6,8-10,12,28H,7,11H2,(H,31,32)/b19-10-. The summed E-state index contributed by atoms with van der Waals surface area (Å²) in [6.07, 6.45) is 1.96. The summed E-state index contributed by atoms with van der Waals surface area (Å²) in [5, 5.41) is 19.5. The summed E-state index contributed by atoms with van der Waals surface area (Å²) in [6.45, 7) is 0.0679. The van der Waals surface area contributed by atoms with E-state index >= 15 is 0 Å². The molecule has 0 saturated carbocycles. The van der Waals surface area contributed by atoms with E-state index in [2.05, 4.69) is 0 Å². The third-order valence-electron chi connectivity index (χ3n) is 4.57. The van der Waals surface area contributed by atoms with Gasteiger partial charge in [0.15, 0.2) is 0 Å². The Balaban J connectivity index is 2.12. The van der Waals surface area contributed by atoms with Crippen molar-refractivity contribution in [3.63, 3.8) is 0 Å². The van der Waals surface area contributed by atoms with Gasteiger partial charge < -0.3 is 14.8 Å². The van der Waals surface area contributed by atoms with Crippen LogP contribution in [0.4, 0.5) is 4.39 Å². The van der Waals surface area contributed by atoms with Crippen molar-refractivity contribution in [1.82, 2.24) is 4.57 Å². The molecule has 0 fully saturated rings. The number of nitrogens with zero attached hydrogens (tertiary/aromatic N) is 1. The molecular formula is C23H16Cl2FNO5. The lowest BCUT2D eigenvalue weighted by molar-refractivity contribution is -0.146. The van der Waals surface area contributed by atoms with Crippen LogP contribution in [0.1, 0.15) is 22.3 Å². The maximum absolute atomic E-state index is 14.4. The first-order valence-electron chi connectivity index (χ1n) is 9.24. The molecule has 0 aliphatic rings. The molecule has 0 bridgehead atoms. The van der Waals surface area contributed by atoms with E-state index in [1.807, 2.05) is 0 Å². The summed E-state index contributed by atoms with van der Waals surface area (Å²) >= 11 is 11.8. The number of carboxylic acid groups (broad SMARTS) is 1. The van der Waals surface area contributed by atoms with Crippen molar-refractivity contribution >= 4 is 40.7 Å². The van der Waals surface area contributed by atoms with Gasteiger partial charge in [-0.3, -0.25) is 9.59 Å². The Morgan fingerprint density at radius 2 is 1.75 bits per heavy atom. The first-order chi connectivity index (χ1) is 15.2. The van der Waals surface area contributed by atoms with Crippen LogP contribution in [-0.4, -0.2) is 26.5 Å². The zero-order chi connectivity index (χ0) is 23.4. The summed E-state index contributed by atoms with van der Waals surface area (Å²) in [7, 11) is 0. The fourth-order valence-corrected chi connectivity index (χ4v) is 3.50. The number of benzene rings is 2. The Bertz CT molecular complexity index is 1300. The minimum absolute atomic E-state index is 0.0232. The Morgan fingerprint density at radius 1 is 1.03 bits per heavy atom. The van der Waals surface area contributed by atoms with Crippen LogP contribution in [0.5, 0.6) is 0 Å². The average Bonchev–Trinajstić information content (AvgIpc) is 2.73. The van der Waals surface area contributed by atoms with Crippen molar-refractivity contribution in [2.75, 3.05) is 0 Å². The van der Waals surface area contributed by atoms with E-state index in [0.717, 1.165) is 0 Å². The topological polar surface area (TPSA) is 96.6 Å². The van der Waals surface area contributed by atoms with Crippen LogP contribution < -0.4 is 5.56 Å². The Morgan fingerprint density at radius 3 is 2.44 bits per heavy atom. The molecule has 9 heteroatoms. The molecule has 0 radical (unpaired) electrons. The number of rotatable bonds is 7. The quantitative estimate of drug-likeness (QED) is 0.298. The van der Waals surface area contributed by atoms with Crippen LogP contribution in [0.15, 0.2) is 65.6 Å². The van der Waals surface area contributed by atoms with Gasteiger partial charge >= 0.3 is 5.97 Å². The monoisotopic (exact) mass is 475 g/mol. The fourth-order valence-electron chi connectivity index (χ4n) is 3.10.